The van der Waals surface area contributed by atoms with Crippen molar-refractivity contribution in [3.8, 4) is 34.5 Å². The minimum atomic E-state index is -1.90. The first-order valence-corrected chi connectivity index (χ1v) is 13.3. The van der Waals surface area contributed by atoms with E-state index >= 15 is 0 Å². The first kappa shape index (κ1) is 31.8. The fraction of sp³-hybridized carbons (Fsp3) is 0.481. The van der Waals surface area contributed by atoms with Gasteiger partial charge in [0.2, 0.25) is 6.29 Å². The van der Waals surface area contributed by atoms with E-state index < -0.39 is 104 Å². The summed E-state index contributed by atoms with van der Waals surface area (Å²) in [6.45, 7) is -1.35. The van der Waals surface area contributed by atoms with Crippen LogP contribution in [-0.2, 0) is 18.9 Å². The molecule has 2 aromatic rings. The fourth-order valence-corrected chi connectivity index (χ4v) is 5.03. The van der Waals surface area contributed by atoms with Gasteiger partial charge in [0.25, 0.3) is 0 Å². The molecule has 3 aliphatic heterocycles. The molecular weight excluding hydrogens is 596 g/mol. The van der Waals surface area contributed by atoms with E-state index in [0.717, 1.165) is 24.3 Å². The Bertz CT molecular complexity index is 1360. The molecule has 17 heteroatoms. The monoisotopic (exact) mass is 628 g/mol. The number of rotatable bonds is 7. The van der Waals surface area contributed by atoms with E-state index in [2.05, 4.69) is 0 Å². The molecule has 3 heterocycles. The number of aliphatic hydroxyl groups excluding tert-OH is 7. The summed E-state index contributed by atoms with van der Waals surface area (Å²) >= 11 is 0. The van der Waals surface area contributed by atoms with E-state index in [9.17, 15) is 61.3 Å². The zero-order valence-electron chi connectivity index (χ0n) is 22.6. The third-order valence-corrected chi connectivity index (χ3v) is 7.48. The highest BCUT2D eigenvalue weighted by Crippen LogP contribution is 2.47. The molecule has 242 valence electrons. The molecule has 0 bridgehead atoms. The van der Waals surface area contributed by atoms with E-state index in [1.54, 1.807) is 0 Å². The van der Waals surface area contributed by atoms with Gasteiger partial charge >= 0.3 is 0 Å². The van der Waals surface area contributed by atoms with Crippen molar-refractivity contribution in [2.75, 3.05) is 13.2 Å². The molecule has 2 saturated heterocycles. The quantitative estimate of drug-likeness (QED) is 0.139. The SMILES string of the molecule is OC[C@H]1O[C@@H](OC[C@H]2O[C@@H](OC3=Cc4c(O)cc(O)cc4OC3c3cc(O)c(O)c(O)c3)[C@H](O)[C@@H](O)[C@@H]2O)[C@H](O)[C@@H](O)[C@@H]1O. The minimum Gasteiger partial charge on any atom is -0.508 e. The van der Waals surface area contributed by atoms with Gasteiger partial charge < -0.3 is 85.0 Å². The molecule has 0 aromatic heterocycles. The molecule has 11 atom stereocenters. The average Bonchev–Trinajstić information content (AvgIpc) is 2.98. The molecule has 0 spiro atoms. The van der Waals surface area contributed by atoms with Crippen molar-refractivity contribution in [3.05, 3.63) is 41.2 Å². The molecule has 44 heavy (non-hydrogen) atoms. The van der Waals surface area contributed by atoms with Crippen molar-refractivity contribution in [2.24, 2.45) is 0 Å². The van der Waals surface area contributed by atoms with Gasteiger partial charge in [-0.05, 0) is 18.2 Å². The Morgan fingerprint density at radius 1 is 0.659 bits per heavy atom. The number of hydrogen-bond donors (Lipinski definition) is 12. The maximum absolute atomic E-state index is 10.7. The van der Waals surface area contributed by atoms with Crippen LogP contribution in [0.25, 0.3) is 6.08 Å². The zero-order chi connectivity index (χ0) is 32.0. The molecule has 1 unspecified atom stereocenters. The number of fused-ring (bicyclic) bond motifs is 1. The molecule has 17 nitrogen and oxygen atoms in total. The second-order valence-corrected chi connectivity index (χ2v) is 10.5. The maximum atomic E-state index is 10.7. The van der Waals surface area contributed by atoms with E-state index in [0.29, 0.717) is 0 Å². The van der Waals surface area contributed by atoms with Crippen LogP contribution in [0, 0.1) is 0 Å². The van der Waals surface area contributed by atoms with Crippen LogP contribution in [0.15, 0.2) is 30.0 Å². The maximum Gasteiger partial charge on any atom is 0.228 e. The molecule has 0 radical (unpaired) electrons. The number of phenols is 5. The van der Waals surface area contributed by atoms with E-state index in [1.165, 1.54) is 6.08 Å². The summed E-state index contributed by atoms with van der Waals surface area (Å²) < 4.78 is 28.0. The fourth-order valence-electron chi connectivity index (χ4n) is 5.03. The van der Waals surface area contributed by atoms with Crippen molar-refractivity contribution < 1.29 is 85.0 Å². The highest BCUT2D eigenvalue weighted by Gasteiger charge is 2.48. The topological polar surface area (TPSA) is 289 Å². The van der Waals surface area contributed by atoms with Crippen molar-refractivity contribution in [1.29, 1.82) is 0 Å². The summed E-state index contributed by atoms with van der Waals surface area (Å²) in [4.78, 5) is 0. The normalized spacial score (nSPS) is 35.3. The largest absolute Gasteiger partial charge is 0.508 e. The van der Waals surface area contributed by atoms with E-state index in [-0.39, 0.29) is 28.4 Å². The first-order chi connectivity index (χ1) is 20.8. The summed E-state index contributed by atoms with van der Waals surface area (Å²) in [5.74, 6) is -3.38. The summed E-state index contributed by atoms with van der Waals surface area (Å²) in [6.07, 6.45) is -17.0. The standard InChI is InChI=1S/C27H32O17/c28-6-16-19(34)21(36)23(38)26(43-16)40-7-17-20(35)22(37)24(39)27(44-17)42-15-5-10-11(30)3-9(29)4-14(10)41-25(15)8-1-12(31)18(33)13(32)2-8/h1-5,16-17,19-39H,6-7H2/t16-,17-,19-,20-,21+,22+,23-,24-,25?,26-,27-/m1/s1. The van der Waals surface area contributed by atoms with Crippen molar-refractivity contribution in [2.45, 2.75) is 67.5 Å². The summed E-state index contributed by atoms with van der Waals surface area (Å²) in [7, 11) is 0. The lowest BCUT2D eigenvalue weighted by atomic mass is 9.98. The lowest BCUT2D eigenvalue weighted by molar-refractivity contribution is -0.328. The number of ether oxygens (including phenoxy) is 5. The molecule has 3 aliphatic rings. The van der Waals surface area contributed by atoms with Crippen LogP contribution in [0.3, 0.4) is 0 Å². The van der Waals surface area contributed by atoms with Gasteiger partial charge in [0.05, 0.1) is 18.8 Å². The van der Waals surface area contributed by atoms with Crippen molar-refractivity contribution in [1.82, 2.24) is 0 Å². The molecule has 2 fully saturated rings. The second kappa shape index (κ2) is 12.4. The highest BCUT2D eigenvalue weighted by molar-refractivity contribution is 5.70. The summed E-state index contributed by atoms with van der Waals surface area (Å²) in [6, 6.07) is 4.22. The number of aromatic hydroxyl groups is 5. The van der Waals surface area contributed by atoms with E-state index in [1.807, 2.05) is 0 Å². The first-order valence-electron chi connectivity index (χ1n) is 13.3. The molecule has 12 N–H and O–H groups in total. The number of aliphatic hydroxyl groups is 7. The predicted octanol–water partition coefficient (Wildman–Crippen LogP) is -2.67. The van der Waals surface area contributed by atoms with Crippen molar-refractivity contribution in [3.63, 3.8) is 0 Å². The molecular formula is C27H32O17. The Balaban J connectivity index is 1.40. The van der Waals surface area contributed by atoms with Crippen LogP contribution in [0.1, 0.15) is 17.2 Å². The van der Waals surface area contributed by atoms with Gasteiger partial charge in [-0.25, -0.2) is 0 Å². The Labute approximate surface area is 247 Å². The molecule has 0 amide bonds. The minimum absolute atomic E-state index is 0.00841. The van der Waals surface area contributed by atoms with Crippen LogP contribution < -0.4 is 4.74 Å². The van der Waals surface area contributed by atoms with Gasteiger partial charge in [-0.1, -0.05) is 0 Å². The van der Waals surface area contributed by atoms with Crippen molar-refractivity contribution >= 4 is 6.08 Å². The Morgan fingerprint density at radius 3 is 1.89 bits per heavy atom. The Hall–Kier alpha value is -3.62. The van der Waals surface area contributed by atoms with Crippen LogP contribution in [-0.4, -0.2) is 136 Å². The number of hydrogen-bond acceptors (Lipinski definition) is 17. The van der Waals surface area contributed by atoms with Gasteiger partial charge in [-0.15, -0.1) is 0 Å². The third-order valence-electron chi connectivity index (χ3n) is 7.48. The average molecular weight is 629 g/mol. The van der Waals surface area contributed by atoms with Crippen LogP contribution in [0.4, 0.5) is 0 Å². The smallest absolute Gasteiger partial charge is 0.228 e. The van der Waals surface area contributed by atoms with Gasteiger partial charge in [0.15, 0.2) is 29.6 Å². The lowest BCUT2D eigenvalue weighted by Crippen LogP contribution is -2.61. The Morgan fingerprint density at radius 2 is 1.25 bits per heavy atom. The molecule has 5 rings (SSSR count). The van der Waals surface area contributed by atoms with Crippen LogP contribution in [0.2, 0.25) is 0 Å². The van der Waals surface area contributed by atoms with Gasteiger partial charge in [0, 0.05) is 17.7 Å². The third kappa shape index (κ3) is 5.89. The van der Waals surface area contributed by atoms with Gasteiger partial charge in [-0.3, -0.25) is 0 Å². The summed E-state index contributed by atoms with van der Waals surface area (Å²) in [5.41, 5.74) is 0.000529. The zero-order valence-corrected chi connectivity index (χ0v) is 22.6. The van der Waals surface area contributed by atoms with Gasteiger partial charge in [0.1, 0.15) is 71.8 Å². The highest BCUT2D eigenvalue weighted by atomic mass is 16.7. The molecule has 0 saturated carbocycles. The van der Waals surface area contributed by atoms with E-state index in [4.69, 9.17) is 23.7 Å². The number of benzene rings is 2. The summed E-state index contributed by atoms with van der Waals surface area (Å²) in [5, 5.41) is 122. The second-order valence-electron chi connectivity index (χ2n) is 10.5. The molecule has 0 aliphatic carbocycles. The van der Waals surface area contributed by atoms with Crippen LogP contribution in [0.5, 0.6) is 34.5 Å². The van der Waals surface area contributed by atoms with Gasteiger partial charge in [-0.2, -0.15) is 0 Å². The number of phenolic OH excluding ortho intramolecular Hbond substituents is 5. The van der Waals surface area contributed by atoms with Crippen LogP contribution >= 0.6 is 0 Å². The Kier molecular flexibility index (Phi) is 8.96. The molecule has 2 aromatic carbocycles. The lowest BCUT2D eigenvalue weighted by Gasteiger charge is -2.43. The predicted molar refractivity (Wildman–Crippen MR) is 140 cm³/mol.